The lowest BCUT2D eigenvalue weighted by Crippen LogP contribution is -2.45. The number of methoxy groups -OCH3 is 1. The monoisotopic (exact) mass is 243 g/mol. The molecule has 1 aliphatic carbocycles. The third-order valence-corrected chi connectivity index (χ3v) is 3.57. The second kappa shape index (κ2) is 6.00. The average molecular weight is 243 g/mol. The number of carbonyl (C=O) groups excluding carboxylic acids is 1. The first kappa shape index (κ1) is 14.0. The van der Waals surface area contributed by atoms with Crippen LogP contribution >= 0.6 is 0 Å². The zero-order valence-corrected chi connectivity index (χ0v) is 10.5. The van der Waals surface area contributed by atoms with Gasteiger partial charge in [0, 0.05) is 13.7 Å². The van der Waals surface area contributed by atoms with E-state index in [2.05, 4.69) is 5.32 Å². The van der Waals surface area contributed by atoms with Gasteiger partial charge in [0.1, 0.15) is 0 Å². The summed E-state index contributed by atoms with van der Waals surface area (Å²) in [6.07, 6.45) is 3.76. The van der Waals surface area contributed by atoms with Crippen LogP contribution in [0.5, 0.6) is 0 Å². The third-order valence-electron chi connectivity index (χ3n) is 3.57. The number of carbonyl (C=O) groups is 2. The molecule has 98 valence electrons. The number of carboxylic acid groups (broad SMARTS) is 1. The summed E-state index contributed by atoms with van der Waals surface area (Å²) >= 11 is 0. The van der Waals surface area contributed by atoms with E-state index in [0.29, 0.717) is 12.8 Å². The van der Waals surface area contributed by atoms with Crippen molar-refractivity contribution < 1.29 is 19.4 Å². The number of hydrogen-bond donors (Lipinski definition) is 2. The predicted molar refractivity (Wildman–Crippen MR) is 62.6 cm³/mol. The van der Waals surface area contributed by atoms with Crippen molar-refractivity contribution in [2.24, 2.45) is 5.92 Å². The van der Waals surface area contributed by atoms with Crippen LogP contribution in [0, 0.1) is 5.92 Å². The van der Waals surface area contributed by atoms with Crippen LogP contribution in [0.25, 0.3) is 0 Å². The maximum absolute atomic E-state index is 11.7. The van der Waals surface area contributed by atoms with E-state index in [0.717, 1.165) is 19.3 Å². The Labute approximate surface area is 102 Å². The zero-order chi connectivity index (χ0) is 12.9. The topological polar surface area (TPSA) is 75.6 Å². The molecule has 0 aromatic rings. The predicted octanol–water partition coefficient (Wildman–Crippen LogP) is 1.17. The third kappa shape index (κ3) is 3.70. The molecular formula is C12H21NO4. The molecule has 17 heavy (non-hydrogen) atoms. The number of hydrogen-bond acceptors (Lipinski definition) is 3. The molecule has 0 bridgehead atoms. The summed E-state index contributed by atoms with van der Waals surface area (Å²) in [6, 6.07) is 0. The summed E-state index contributed by atoms with van der Waals surface area (Å²) in [7, 11) is 1.62. The van der Waals surface area contributed by atoms with Crippen LogP contribution in [0.3, 0.4) is 0 Å². The van der Waals surface area contributed by atoms with Gasteiger partial charge < -0.3 is 15.2 Å². The van der Waals surface area contributed by atoms with Crippen LogP contribution in [0.2, 0.25) is 0 Å². The molecule has 5 heteroatoms. The van der Waals surface area contributed by atoms with Crippen molar-refractivity contribution >= 4 is 11.9 Å². The van der Waals surface area contributed by atoms with E-state index < -0.39 is 11.9 Å². The van der Waals surface area contributed by atoms with Crippen molar-refractivity contribution in [2.75, 3.05) is 13.7 Å². The van der Waals surface area contributed by atoms with Crippen LogP contribution in [0.15, 0.2) is 0 Å². The summed E-state index contributed by atoms with van der Waals surface area (Å²) in [6.45, 7) is 2.00. The Morgan fingerprint density at radius 3 is 2.47 bits per heavy atom. The molecule has 1 aliphatic rings. The standard InChI is InChI=1S/C12H21NO4/c1-3-9(11(15)16)8-13-10(14)7-12(17-2)5-4-6-12/h9H,3-8H2,1-2H3,(H,13,14)(H,15,16). The molecule has 0 aromatic carbocycles. The van der Waals surface area contributed by atoms with E-state index in [-0.39, 0.29) is 18.1 Å². The molecule has 0 saturated heterocycles. The first-order valence-corrected chi connectivity index (χ1v) is 6.07. The lowest BCUT2D eigenvalue weighted by Gasteiger charge is -2.39. The molecule has 0 aromatic heterocycles. The second-order valence-corrected chi connectivity index (χ2v) is 4.66. The number of nitrogens with one attached hydrogen (secondary N) is 1. The van der Waals surface area contributed by atoms with E-state index in [1.807, 2.05) is 0 Å². The normalized spacial score (nSPS) is 19.2. The molecular weight excluding hydrogens is 222 g/mol. The fourth-order valence-electron chi connectivity index (χ4n) is 2.02. The molecule has 5 nitrogen and oxygen atoms in total. The van der Waals surface area contributed by atoms with Gasteiger partial charge in [-0.2, -0.15) is 0 Å². The van der Waals surface area contributed by atoms with Crippen molar-refractivity contribution in [2.45, 2.75) is 44.6 Å². The van der Waals surface area contributed by atoms with Crippen LogP contribution in [-0.4, -0.2) is 36.2 Å². The molecule has 1 amide bonds. The van der Waals surface area contributed by atoms with Crippen molar-refractivity contribution in [3.8, 4) is 0 Å². The largest absolute Gasteiger partial charge is 0.481 e. The van der Waals surface area contributed by atoms with Gasteiger partial charge in [-0.1, -0.05) is 6.92 Å². The molecule has 2 N–H and O–H groups in total. The fourth-order valence-corrected chi connectivity index (χ4v) is 2.02. The fraction of sp³-hybridized carbons (Fsp3) is 0.833. The van der Waals surface area contributed by atoms with Crippen LogP contribution < -0.4 is 5.32 Å². The summed E-state index contributed by atoms with van der Waals surface area (Å²) in [5, 5.41) is 11.5. The molecule has 0 radical (unpaired) electrons. The minimum atomic E-state index is -0.863. The van der Waals surface area contributed by atoms with Crippen molar-refractivity contribution in [1.82, 2.24) is 5.32 Å². The van der Waals surface area contributed by atoms with Gasteiger partial charge >= 0.3 is 5.97 Å². The van der Waals surface area contributed by atoms with E-state index in [1.165, 1.54) is 0 Å². The van der Waals surface area contributed by atoms with Crippen molar-refractivity contribution in [3.63, 3.8) is 0 Å². The smallest absolute Gasteiger partial charge is 0.308 e. The van der Waals surface area contributed by atoms with Crippen molar-refractivity contribution in [3.05, 3.63) is 0 Å². The number of amides is 1. The zero-order valence-electron chi connectivity index (χ0n) is 10.5. The second-order valence-electron chi connectivity index (χ2n) is 4.66. The van der Waals surface area contributed by atoms with Gasteiger partial charge in [-0.3, -0.25) is 9.59 Å². The Morgan fingerprint density at radius 1 is 1.47 bits per heavy atom. The highest BCUT2D eigenvalue weighted by molar-refractivity contribution is 5.78. The molecule has 1 rings (SSSR count). The highest BCUT2D eigenvalue weighted by atomic mass is 16.5. The summed E-state index contributed by atoms with van der Waals surface area (Å²) < 4.78 is 5.35. The summed E-state index contributed by atoms with van der Waals surface area (Å²) in [5.74, 6) is -1.48. The van der Waals surface area contributed by atoms with Gasteiger partial charge in [0.05, 0.1) is 17.9 Å². The molecule has 1 fully saturated rings. The SMILES string of the molecule is CCC(CNC(=O)CC1(OC)CCC1)C(=O)O. The van der Waals surface area contributed by atoms with Crippen LogP contribution in [-0.2, 0) is 14.3 Å². The van der Waals surface area contributed by atoms with E-state index >= 15 is 0 Å². The lowest BCUT2D eigenvalue weighted by atomic mass is 9.77. The van der Waals surface area contributed by atoms with Crippen molar-refractivity contribution in [1.29, 1.82) is 0 Å². The number of rotatable bonds is 7. The minimum Gasteiger partial charge on any atom is -0.481 e. The first-order chi connectivity index (χ1) is 8.03. The molecule has 0 spiro atoms. The lowest BCUT2D eigenvalue weighted by molar-refractivity contribution is -0.142. The van der Waals surface area contributed by atoms with Gasteiger partial charge in [-0.15, -0.1) is 0 Å². The molecule has 1 atom stereocenters. The average Bonchev–Trinajstić information content (AvgIpc) is 2.24. The molecule has 1 unspecified atom stereocenters. The Kier molecular flexibility index (Phi) is 4.93. The van der Waals surface area contributed by atoms with E-state index in [9.17, 15) is 9.59 Å². The quantitative estimate of drug-likeness (QED) is 0.704. The van der Waals surface area contributed by atoms with Gasteiger partial charge in [0.25, 0.3) is 0 Å². The molecule has 0 aliphatic heterocycles. The number of aliphatic carboxylic acids is 1. The van der Waals surface area contributed by atoms with E-state index in [1.54, 1.807) is 14.0 Å². The van der Waals surface area contributed by atoms with Crippen LogP contribution in [0.1, 0.15) is 39.0 Å². The maximum Gasteiger partial charge on any atom is 0.308 e. The minimum absolute atomic E-state index is 0.119. The van der Waals surface area contributed by atoms with Gasteiger partial charge in [0.15, 0.2) is 0 Å². The highest BCUT2D eigenvalue weighted by Crippen LogP contribution is 2.37. The molecule has 0 heterocycles. The Morgan fingerprint density at radius 2 is 2.12 bits per heavy atom. The Bertz CT molecular complexity index is 281. The highest BCUT2D eigenvalue weighted by Gasteiger charge is 2.39. The van der Waals surface area contributed by atoms with E-state index in [4.69, 9.17) is 9.84 Å². The Hall–Kier alpha value is -1.10. The molecule has 1 saturated carbocycles. The maximum atomic E-state index is 11.7. The summed E-state index contributed by atoms with van der Waals surface area (Å²) in [5.41, 5.74) is -0.297. The number of carboxylic acids is 1. The number of ether oxygens (including phenoxy) is 1. The van der Waals surface area contributed by atoms with Crippen LogP contribution in [0.4, 0.5) is 0 Å². The summed E-state index contributed by atoms with van der Waals surface area (Å²) in [4.78, 5) is 22.4. The van der Waals surface area contributed by atoms with Gasteiger partial charge in [-0.25, -0.2) is 0 Å². The van der Waals surface area contributed by atoms with Gasteiger partial charge in [-0.05, 0) is 25.7 Å². The first-order valence-electron chi connectivity index (χ1n) is 6.07. The Balaban J connectivity index is 2.32. The van der Waals surface area contributed by atoms with Gasteiger partial charge in [0.2, 0.25) is 5.91 Å².